The molecule has 1 saturated heterocycles. The topological polar surface area (TPSA) is 120 Å². The summed E-state index contributed by atoms with van der Waals surface area (Å²) in [4.78, 5) is 40.9. The Bertz CT molecular complexity index is 1640. The van der Waals surface area contributed by atoms with Crippen LogP contribution in [0.15, 0.2) is 74.4 Å². The van der Waals surface area contributed by atoms with E-state index in [1.54, 1.807) is 12.1 Å². The molecule has 0 bridgehead atoms. The molecule has 1 fully saturated rings. The van der Waals surface area contributed by atoms with Gasteiger partial charge in [0.15, 0.2) is 5.58 Å². The maximum atomic E-state index is 12.5. The van der Waals surface area contributed by atoms with Crippen LogP contribution in [0.5, 0.6) is 0 Å². The van der Waals surface area contributed by atoms with Crippen LogP contribution in [0.4, 0.5) is 0 Å². The molecule has 1 unspecified atom stereocenters. The minimum absolute atomic E-state index is 0.161. The van der Waals surface area contributed by atoms with Crippen LogP contribution in [0, 0.1) is 0 Å². The molecule has 9 nitrogen and oxygen atoms in total. The SMILES string of the molecule is O=C1CCC(n2c(=O)oc3ccc(Cc4nc(-c5cccc6ccccc56)no4)cc32)C(=O)N1. The maximum Gasteiger partial charge on any atom is 0.420 e. The standard InChI is InChI=1S/C25H18N4O5/c30-21-11-9-18(24(31)26-21)29-19-12-14(8-10-20(19)33-25(29)32)13-22-27-23(28-34-22)17-7-3-5-15-4-1-2-6-16(15)17/h1-8,10,12,18H,9,11,13H2,(H,26,30,31). The molecule has 0 saturated carbocycles. The number of nitrogens with zero attached hydrogens (tertiary/aromatic N) is 3. The lowest BCUT2D eigenvalue weighted by molar-refractivity contribution is -0.135. The third-order valence-corrected chi connectivity index (χ3v) is 6.05. The van der Waals surface area contributed by atoms with Crippen LogP contribution >= 0.6 is 0 Å². The van der Waals surface area contributed by atoms with Crippen molar-refractivity contribution in [2.75, 3.05) is 0 Å². The fourth-order valence-corrected chi connectivity index (χ4v) is 4.44. The number of nitrogens with one attached hydrogen (secondary N) is 1. The number of hydrogen-bond acceptors (Lipinski definition) is 7. The molecule has 2 amide bonds. The van der Waals surface area contributed by atoms with E-state index >= 15 is 0 Å². The summed E-state index contributed by atoms with van der Waals surface area (Å²) in [6.45, 7) is 0. The van der Waals surface area contributed by atoms with Crippen LogP contribution in [0.1, 0.15) is 30.3 Å². The Morgan fingerprint density at radius 1 is 1.03 bits per heavy atom. The average molecular weight is 454 g/mol. The van der Waals surface area contributed by atoms with Gasteiger partial charge in [-0.2, -0.15) is 4.98 Å². The Hall–Kier alpha value is -4.53. The first kappa shape index (κ1) is 20.1. The highest BCUT2D eigenvalue weighted by atomic mass is 16.5. The summed E-state index contributed by atoms with van der Waals surface area (Å²) in [6.07, 6.45) is 0.734. The van der Waals surface area contributed by atoms with E-state index in [0.717, 1.165) is 21.9 Å². The molecule has 5 aromatic rings. The highest BCUT2D eigenvalue weighted by Crippen LogP contribution is 2.28. The molecule has 1 atom stereocenters. The summed E-state index contributed by atoms with van der Waals surface area (Å²) in [5.74, 6) is -0.584. The molecule has 34 heavy (non-hydrogen) atoms. The van der Waals surface area contributed by atoms with Crippen molar-refractivity contribution in [1.82, 2.24) is 20.0 Å². The Morgan fingerprint density at radius 3 is 2.76 bits per heavy atom. The number of fused-ring (bicyclic) bond motifs is 2. The summed E-state index contributed by atoms with van der Waals surface area (Å²) in [5.41, 5.74) is 2.53. The van der Waals surface area contributed by atoms with Crippen molar-refractivity contribution in [2.24, 2.45) is 0 Å². The third-order valence-electron chi connectivity index (χ3n) is 6.05. The second-order valence-corrected chi connectivity index (χ2v) is 8.22. The largest absolute Gasteiger partial charge is 0.420 e. The molecular weight excluding hydrogens is 436 g/mol. The molecule has 3 heterocycles. The molecule has 9 heteroatoms. The van der Waals surface area contributed by atoms with Crippen molar-refractivity contribution >= 4 is 33.7 Å². The van der Waals surface area contributed by atoms with Gasteiger partial charge in [0, 0.05) is 12.0 Å². The van der Waals surface area contributed by atoms with Crippen molar-refractivity contribution < 1.29 is 18.5 Å². The summed E-state index contributed by atoms with van der Waals surface area (Å²) < 4.78 is 12.1. The van der Waals surface area contributed by atoms with Gasteiger partial charge in [-0.3, -0.25) is 19.5 Å². The normalized spacial score (nSPS) is 16.3. The van der Waals surface area contributed by atoms with E-state index in [4.69, 9.17) is 8.94 Å². The number of oxazole rings is 1. The second-order valence-electron chi connectivity index (χ2n) is 8.22. The van der Waals surface area contributed by atoms with Crippen LogP contribution in [0.25, 0.3) is 33.3 Å². The van der Waals surface area contributed by atoms with Gasteiger partial charge < -0.3 is 8.94 Å². The highest BCUT2D eigenvalue weighted by Gasteiger charge is 2.31. The van der Waals surface area contributed by atoms with Gasteiger partial charge in [0.1, 0.15) is 6.04 Å². The minimum atomic E-state index is -0.803. The van der Waals surface area contributed by atoms with Crippen LogP contribution in [0.2, 0.25) is 0 Å². The molecule has 3 aromatic carbocycles. The zero-order valence-electron chi connectivity index (χ0n) is 17.9. The lowest BCUT2D eigenvalue weighted by atomic mass is 10.0. The number of rotatable bonds is 4. The van der Waals surface area contributed by atoms with Gasteiger partial charge >= 0.3 is 5.76 Å². The molecule has 1 N–H and O–H groups in total. The van der Waals surface area contributed by atoms with Crippen LogP contribution < -0.4 is 11.1 Å². The minimum Gasteiger partial charge on any atom is -0.408 e. The number of carbonyl (C=O) groups excluding carboxylic acids is 2. The Kier molecular flexibility index (Phi) is 4.61. The molecule has 168 valence electrons. The Morgan fingerprint density at radius 2 is 1.88 bits per heavy atom. The van der Waals surface area contributed by atoms with E-state index in [9.17, 15) is 14.4 Å². The first-order chi connectivity index (χ1) is 16.6. The van der Waals surface area contributed by atoms with Gasteiger partial charge in [-0.1, -0.05) is 53.7 Å². The fraction of sp³-hybridized carbons (Fsp3) is 0.160. The predicted molar refractivity (Wildman–Crippen MR) is 122 cm³/mol. The second kappa shape index (κ2) is 7.80. The first-order valence-electron chi connectivity index (χ1n) is 10.9. The van der Waals surface area contributed by atoms with Crippen molar-refractivity contribution in [3.8, 4) is 11.4 Å². The first-order valence-corrected chi connectivity index (χ1v) is 10.9. The number of hydrogen-bond donors (Lipinski definition) is 1. The molecule has 1 aliphatic heterocycles. The van der Waals surface area contributed by atoms with Crippen LogP contribution in [-0.4, -0.2) is 26.5 Å². The third kappa shape index (κ3) is 3.38. The number of amides is 2. The van der Waals surface area contributed by atoms with Crippen molar-refractivity contribution in [3.63, 3.8) is 0 Å². The molecule has 6 rings (SSSR count). The molecule has 2 aromatic heterocycles. The molecule has 0 spiro atoms. The highest BCUT2D eigenvalue weighted by molar-refractivity contribution is 6.00. The van der Waals surface area contributed by atoms with Crippen LogP contribution in [0.3, 0.4) is 0 Å². The maximum absolute atomic E-state index is 12.5. The van der Waals surface area contributed by atoms with Crippen molar-refractivity contribution in [2.45, 2.75) is 25.3 Å². The van der Waals surface area contributed by atoms with Gasteiger partial charge in [0.25, 0.3) is 0 Å². The van der Waals surface area contributed by atoms with E-state index < -0.39 is 17.7 Å². The fourth-order valence-electron chi connectivity index (χ4n) is 4.44. The summed E-state index contributed by atoms with van der Waals surface area (Å²) in [7, 11) is 0. The Balaban J connectivity index is 1.33. The van der Waals surface area contributed by atoms with Crippen molar-refractivity contribution in [1.29, 1.82) is 0 Å². The summed E-state index contributed by atoms with van der Waals surface area (Å²) >= 11 is 0. The Labute approximate surface area is 192 Å². The quantitative estimate of drug-likeness (QED) is 0.413. The molecule has 0 radical (unpaired) electrons. The number of piperidine rings is 1. The van der Waals surface area contributed by atoms with Gasteiger partial charge in [-0.25, -0.2) is 4.79 Å². The monoisotopic (exact) mass is 454 g/mol. The van der Waals surface area contributed by atoms with E-state index in [-0.39, 0.29) is 18.7 Å². The van der Waals surface area contributed by atoms with E-state index in [2.05, 4.69) is 15.5 Å². The predicted octanol–water partition coefficient (Wildman–Crippen LogP) is 3.37. The average Bonchev–Trinajstić information content (AvgIpc) is 3.42. The zero-order valence-corrected chi connectivity index (χ0v) is 17.9. The smallest absolute Gasteiger partial charge is 0.408 e. The van der Waals surface area contributed by atoms with E-state index in [1.165, 1.54) is 4.57 Å². The summed E-state index contributed by atoms with van der Waals surface area (Å²) in [5, 5.41) is 8.56. The van der Waals surface area contributed by atoms with E-state index in [1.807, 2.05) is 48.5 Å². The van der Waals surface area contributed by atoms with Gasteiger partial charge in [-0.15, -0.1) is 0 Å². The number of carbonyl (C=O) groups is 2. The van der Waals surface area contributed by atoms with E-state index in [0.29, 0.717) is 29.2 Å². The van der Waals surface area contributed by atoms with Gasteiger partial charge in [0.2, 0.25) is 23.5 Å². The van der Waals surface area contributed by atoms with Gasteiger partial charge in [0.05, 0.1) is 11.9 Å². The number of aromatic nitrogens is 3. The van der Waals surface area contributed by atoms with Crippen LogP contribution in [-0.2, 0) is 16.0 Å². The summed E-state index contributed by atoms with van der Waals surface area (Å²) in [6, 6.07) is 18.4. The lowest BCUT2D eigenvalue weighted by Crippen LogP contribution is -2.43. The zero-order chi connectivity index (χ0) is 23.2. The van der Waals surface area contributed by atoms with Crippen molar-refractivity contribution in [3.05, 3.63) is 82.7 Å². The van der Waals surface area contributed by atoms with Gasteiger partial charge in [-0.05, 0) is 34.9 Å². The molecular formula is C25H18N4O5. The number of benzene rings is 3. The molecule has 1 aliphatic rings. The lowest BCUT2D eigenvalue weighted by Gasteiger charge is -2.21. The number of imide groups is 1. The molecule has 0 aliphatic carbocycles.